The van der Waals surface area contributed by atoms with Crippen LogP contribution >= 0.6 is 0 Å². The monoisotopic (exact) mass is 692 g/mol. The normalized spacial score (nSPS) is 21.9. The number of carbonyl (C=O) groups excluding carboxylic acids is 2. The third kappa shape index (κ3) is 7.46. The van der Waals surface area contributed by atoms with Crippen LogP contribution in [0.4, 0.5) is 0 Å². The lowest BCUT2D eigenvalue weighted by Gasteiger charge is -2.39. The van der Waals surface area contributed by atoms with Crippen molar-refractivity contribution in [3.05, 3.63) is 65.0 Å². The summed E-state index contributed by atoms with van der Waals surface area (Å²) < 4.78 is 31.4. The van der Waals surface area contributed by atoms with Crippen LogP contribution in [0.2, 0.25) is 25.7 Å². The molecule has 1 saturated heterocycles. The van der Waals surface area contributed by atoms with E-state index in [0.29, 0.717) is 31.1 Å². The molecule has 2 aromatic carbocycles. The molecule has 0 bridgehead atoms. The van der Waals surface area contributed by atoms with Gasteiger partial charge in [-0.3, -0.25) is 14.5 Å². The number of benzene rings is 2. The summed E-state index contributed by atoms with van der Waals surface area (Å²) in [6.45, 7) is 18.8. The Morgan fingerprint density at radius 3 is 2.31 bits per heavy atom. The van der Waals surface area contributed by atoms with Gasteiger partial charge in [-0.15, -0.1) is 4.72 Å². The number of fused-ring (bicyclic) bond motifs is 2. The highest BCUT2D eigenvalue weighted by molar-refractivity contribution is 7.90. The molecular weight excluding hydrogens is 641 g/mol. The van der Waals surface area contributed by atoms with E-state index in [1.807, 2.05) is 39.0 Å². The number of aromatic nitrogens is 2. The van der Waals surface area contributed by atoms with Crippen LogP contribution in [-0.2, 0) is 27.6 Å². The number of nitrogens with one attached hydrogen (secondary N) is 1. The van der Waals surface area contributed by atoms with Gasteiger partial charge in [-0.2, -0.15) is 0 Å². The van der Waals surface area contributed by atoms with E-state index in [4.69, 9.17) is 14.5 Å². The fourth-order valence-corrected chi connectivity index (χ4v) is 8.62. The topological polar surface area (TPSA) is 109 Å². The molecule has 3 aliphatic rings. The molecule has 2 aliphatic heterocycles. The van der Waals surface area contributed by atoms with Crippen molar-refractivity contribution in [3.8, 4) is 0 Å². The lowest BCUT2D eigenvalue weighted by molar-refractivity contribution is -0.0782. The van der Waals surface area contributed by atoms with Gasteiger partial charge in [0.1, 0.15) is 23.3 Å². The second kappa shape index (κ2) is 13.3. The van der Waals surface area contributed by atoms with Gasteiger partial charge >= 0.3 is 0 Å². The largest absolute Gasteiger partial charge is 0.598 e. The van der Waals surface area contributed by atoms with Gasteiger partial charge in [0, 0.05) is 32.6 Å². The van der Waals surface area contributed by atoms with Gasteiger partial charge in [-0.1, -0.05) is 37.8 Å². The molecule has 0 radical (unpaired) electrons. The zero-order valence-corrected chi connectivity index (χ0v) is 31.6. The Balaban J connectivity index is 1.42. The van der Waals surface area contributed by atoms with Crippen LogP contribution in [0, 0.1) is 11.8 Å². The summed E-state index contributed by atoms with van der Waals surface area (Å²) in [6, 6.07) is 13.6. The van der Waals surface area contributed by atoms with Gasteiger partial charge in [-0.05, 0) is 108 Å². The molecular formula is C37H52N4O5SSi. The van der Waals surface area contributed by atoms with Crippen LogP contribution in [0.5, 0.6) is 0 Å². The predicted octanol–water partition coefficient (Wildman–Crippen LogP) is 7.39. The molecule has 2 fully saturated rings. The fourth-order valence-electron chi connectivity index (χ4n) is 6.98. The summed E-state index contributed by atoms with van der Waals surface area (Å²) in [5.41, 5.74) is 3.23. The summed E-state index contributed by atoms with van der Waals surface area (Å²) >= 11 is -1.34. The van der Waals surface area contributed by atoms with Gasteiger partial charge in [0.25, 0.3) is 11.8 Å². The summed E-state index contributed by atoms with van der Waals surface area (Å²) in [5, 5.41) is 0. The van der Waals surface area contributed by atoms with Crippen LogP contribution < -0.4 is 4.72 Å². The highest BCUT2D eigenvalue weighted by Gasteiger charge is 2.47. The van der Waals surface area contributed by atoms with E-state index in [0.717, 1.165) is 54.1 Å². The highest BCUT2D eigenvalue weighted by Crippen LogP contribution is 2.48. The molecule has 3 aromatic rings. The quantitative estimate of drug-likeness (QED) is 0.0913. The first-order chi connectivity index (χ1) is 22.5. The number of rotatable bonds is 12. The molecule has 4 atom stereocenters. The van der Waals surface area contributed by atoms with Crippen molar-refractivity contribution in [1.82, 2.24) is 19.2 Å². The first-order valence-electron chi connectivity index (χ1n) is 17.4. The van der Waals surface area contributed by atoms with Gasteiger partial charge in [0.2, 0.25) is 0 Å². The van der Waals surface area contributed by atoms with Crippen molar-refractivity contribution in [1.29, 1.82) is 0 Å². The number of imidazole rings is 1. The second-order valence-electron chi connectivity index (χ2n) is 16.6. The molecule has 1 aliphatic carbocycles. The van der Waals surface area contributed by atoms with Gasteiger partial charge in [-0.25, -0.2) is 4.98 Å². The van der Waals surface area contributed by atoms with Crippen molar-refractivity contribution in [2.24, 2.45) is 11.8 Å². The van der Waals surface area contributed by atoms with Crippen LogP contribution in [0.3, 0.4) is 0 Å². The first kappa shape index (κ1) is 35.3. The Morgan fingerprint density at radius 2 is 1.73 bits per heavy atom. The summed E-state index contributed by atoms with van der Waals surface area (Å²) in [5.74, 6) is 0.675. The van der Waals surface area contributed by atoms with Crippen molar-refractivity contribution in [3.63, 3.8) is 0 Å². The zero-order chi connectivity index (χ0) is 34.6. The Labute approximate surface area is 289 Å². The molecule has 0 spiro atoms. The lowest BCUT2D eigenvalue weighted by atomic mass is 9.83. The fraction of sp³-hybridized carbons (Fsp3) is 0.595. The van der Waals surface area contributed by atoms with E-state index in [9.17, 15) is 14.1 Å². The summed E-state index contributed by atoms with van der Waals surface area (Å²) in [6.07, 6.45) is 3.53. The summed E-state index contributed by atoms with van der Waals surface area (Å²) in [4.78, 5) is 34.0. The number of ether oxygens (including phenoxy) is 2. The zero-order valence-electron chi connectivity index (χ0n) is 29.8. The third-order valence-electron chi connectivity index (χ3n) is 9.81. The Hall–Kier alpha value is -2.54. The SMILES string of the molecule is CC1(C)CC(C(N[S+]([O-])C(C)(C)C)c2nc3cc(C(C4CC4)N4C(=O)c5ccccc5C4=O)ccc3n2COCC[Si](C)(C)C)CCO1. The van der Waals surface area contributed by atoms with E-state index in [1.54, 1.807) is 12.1 Å². The maximum Gasteiger partial charge on any atom is 0.262 e. The van der Waals surface area contributed by atoms with Crippen molar-refractivity contribution >= 4 is 42.3 Å². The van der Waals surface area contributed by atoms with Gasteiger partial charge < -0.3 is 18.6 Å². The number of hydrogen-bond donors (Lipinski definition) is 1. The minimum absolute atomic E-state index is 0.134. The smallest absolute Gasteiger partial charge is 0.262 e. The third-order valence-corrected chi connectivity index (χ3v) is 13.1. The standard InChI is InChI=1S/C37H52N4O5SSi/c1-36(2,3)47(44)39-31(26-17-18-46-37(4,5)22-26)33-38-29-21-25(15-16-30(29)40(33)23-45-19-20-48(6,7)8)32(24-13-14-24)41-34(42)27-11-9-10-12-28(27)35(41)43/h9-12,15-16,21,24,26,31-32,39H,13-14,17-20,22-23H2,1-8H3. The average molecular weight is 693 g/mol. The molecule has 11 heteroatoms. The molecule has 6 rings (SSSR count). The van der Waals surface area contributed by atoms with Crippen LogP contribution in [0.1, 0.15) is 104 Å². The Morgan fingerprint density at radius 1 is 1.06 bits per heavy atom. The second-order valence-corrected chi connectivity index (χ2v) is 24.3. The summed E-state index contributed by atoms with van der Waals surface area (Å²) in [7, 11) is -1.30. The van der Waals surface area contributed by atoms with E-state index >= 15 is 0 Å². The Bertz CT molecular complexity index is 1640. The first-order valence-corrected chi connectivity index (χ1v) is 22.3. The van der Waals surface area contributed by atoms with Crippen LogP contribution in [-0.4, -0.2) is 62.5 Å². The van der Waals surface area contributed by atoms with Crippen LogP contribution in [0.25, 0.3) is 11.0 Å². The molecule has 1 saturated carbocycles. The molecule has 3 heterocycles. The molecule has 9 nitrogen and oxygen atoms in total. The number of imide groups is 1. The van der Waals surface area contributed by atoms with Crippen molar-refractivity contribution in [2.75, 3.05) is 13.2 Å². The van der Waals surface area contributed by atoms with Crippen LogP contribution in [0.15, 0.2) is 42.5 Å². The maximum atomic E-state index is 13.7. The lowest BCUT2D eigenvalue weighted by Crippen LogP contribution is -2.47. The highest BCUT2D eigenvalue weighted by atomic mass is 32.2. The van der Waals surface area contributed by atoms with Gasteiger partial charge in [0.15, 0.2) is 0 Å². The van der Waals surface area contributed by atoms with Crippen molar-refractivity contribution < 1.29 is 23.6 Å². The average Bonchev–Trinajstić information content (AvgIpc) is 3.73. The molecule has 1 aromatic heterocycles. The number of nitrogens with zero attached hydrogens (tertiary/aromatic N) is 3. The molecule has 260 valence electrons. The van der Waals surface area contributed by atoms with Gasteiger partial charge in [0.05, 0.1) is 33.8 Å². The molecule has 1 N–H and O–H groups in total. The maximum absolute atomic E-state index is 13.7. The molecule has 2 amide bonds. The van der Waals surface area contributed by atoms with Crippen molar-refractivity contribution in [2.45, 2.75) is 115 Å². The number of carbonyl (C=O) groups is 2. The number of amides is 2. The Kier molecular flexibility index (Phi) is 9.78. The minimum Gasteiger partial charge on any atom is -0.598 e. The minimum atomic E-state index is -1.34. The van der Waals surface area contributed by atoms with E-state index in [2.05, 4.69) is 54.9 Å². The van der Waals surface area contributed by atoms with E-state index in [1.165, 1.54) is 4.90 Å². The molecule has 48 heavy (non-hydrogen) atoms. The van der Waals surface area contributed by atoms with E-state index < -0.39 is 24.2 Å². The van der Waals surface area contributed by atoms with E-state index in [-0.39, 0.29) is 41.3 Å². The molecule has 4 unspecified atom stereocenters. The predicted molar refractivity (Wildman–Crippen MR) is 193 cm³/mol. The number of hydrogen-bond acceptors (Lipinski definition) is 7.